The molecule has 0 rings (SSSR count). The van der Waals surface area contributed by atoms with Gasteiger partial charge in [-0.3, -0.25) is 0 Å². The van der Waals surface area contributed by atoms with Crippen molar-refractivity contribution in [1.82, 2.24) is 5.32 Å². The first-order chi connectivity index (χ1) is 5.20. The van der Waals surface area contributed by atoms with Crippen molar-refractivity contribution >= 4 is 6.09 Å². The quantitative estimate of drug-likeness (QED) is 0.501. The highest BCUT2D eigenvalue weighted by Crippen LogP contribution is 1.81. The number of hydrogen-bond donors (Lipinski definition) is 3. The smallest absolute Gasteiger partial charge is 0.407 e. The van der Waals surface area contributed by atoms with Crippen LogP contribution in [0.5, 0.6) is 0 Å². The van der Waals surface area contributed by atoms with E-state index in [9.17, 15) is 4.79 Å². The molecule has 0 heterocycles. The minimum absolute atomic E-state index is 0.0238. The van der Waals surface area contributed by atoms with Gasteiger partial charge in [0.15, 0.2) is 0 Å². The van der Waals surface area contributed by atoms with Gasteiger partial charge in [0.05, 0.1) is 19.3 Å². The fraction of sp³-hybridized carbons (Fsp3) is 0.833. The van der Waals surface area contributed by atoms with Crippen LogP contribution in [0.2, 0.25) is 0 Å². The van der Waals surface area contributed by atoms with Crippen LogP contribution in [0.3, 0.4) is 0 Å². The van der Waals surface area contributed by atoms with E-state index in [-0.39, 0.29) is 25.9 Å². The summed E-state index contributed by atoms with van der Waals surface area (Å²) in [6.07, 6.45) is -0.624. The summed E-state index contributed by atoms with van der Waals surface area (Å²) in [5.74, 6) is 0. The van der Waals surface area contributed by atoms with Crippen molar-refractivity contribution in [2.24, 2.45) is 0 Å². The van der Waals surface area contributed by atoms with Crippen LogP contribution in [-0.4, -0.2) is 42.2 Å². The highest BCUT2D eigenvalue weighted by molar-refractivity contribution is 5.67. The normalized spacial score (nSPS) is 12.3. The molecule has 0 saturated heterocycles. The van der Waals surface area contributed by atoms with E-state index in [4.69, 9.17) is 10.2 Å². The van der Waals surface area contributed by atoms with Crippen molar-refractivity contribution in [2.45, 2.75) is 13.0 Å². The number of carbonyl (C=O) groups is 1. The molecule has 0 spiro atoms. The van der Waals surface area contributed by atoms with Gasteiger partial charge in [0.1, 0.15) is 6.61 Å². The van der Waals surface area contributed by atoms with Crippen molar-refractivity contribution in [3.63, 3.8) is 0 Å². The second-order valence-corrected chi connectivity index (χ2v) is 2.09. The monoisotopic (exact) mass is 163 g/mol. The highest BCUT2D eigenvalue weighted by Gasteiger charge is 2.05. The molecule has 1 amide bonds. The van der Waals surface area contributed by atoms with Gasteiger partial charge in [0.2, 0.25) is 0 Å². The number of hydrogen-bond acceptors (Lipinski definition) is 4. The van der Waals surface area contributed by atoms with Crippen LogP contribution in [0.4, 0.5) is 4.79 Å². The Morgan fingerprint density at radius 2 is 2.27 bits per heavy atom. The zero-order chi connectivity index (χ0) is 8.69. The van der Waals surface area contributed by atoms with Crippen LogP contribution < -0.4 is 5.32 Å². The molecule has 11 heavy (non-hydrogen) atoms. The van der Waals surface area contributed by atoms with Crippen molar-refractivity contribution in [2.75, 3.05) is 19.8 Å². The number of amides is 1. The molecule has 0 saturated carbocycles. The molecule has 0 unspecified atom stereocenters. The van der Waals surface area contributed by atoms with Gasteiger partial charge in [-0.05, 0) is 6.92 Å². The summed E-state index contributed by atoms with van der Waals surface area (Å²) in [5, 5.41) is 19.1. The number of alkyl carbamates (subject to hydrolysis) is 1. The predicted octanol–water partition coefficient (Wildman–Crippen LogP) is -0.914. The molecule has 0 aromatic rings. The SMILES string of the molecule is C[C@H](CO)NC(=O)OCCO. The third-order valence-corrected chi connectivity index (χ3v) is 0.963. The van der Waals surface area contributed by atoms with Crippen molar-refractivity contribution in [1.29, 1.82) is 0 Å². The molecular formula is C6H13NO4. The summed E-state index contributed by atoms with van der Waals surface area (Å²) >= 11 is 0. The number of rotatable bonds is 4. The number of ether oxygens (including phenoxy) is 1. The lowest BCUT2D eigenvalue weighted by atomic mass is 10.4. The Hall–Kier alpha value is -0.810. The maximum atomic E-state index is 10.6. The molecule has 1 atom stereocenters. The minimum atomic E-state index is -0.624. The Morgan fingerprint density at radius 3 is 2.73 bits per heavy atom. The summed E-state index contributed by atoms with van der Waals surface area (Å²) in [6, 6.07) is -0.318. The summed E-state index contributed by atoms with van der Waals surface area (Å²) in [6.45, 7) is 1.29. The molecule has 66 valence electrons. The van der Waals surface area contributed by atoms with Gasteiger partial charge in [-0.2, -0.15) is 0 Å². The molecule has 0 aliphatic carbocycles. The van der Waals surface area contributed by atoms with Crippen molar-refractivity contribution < 1.29 is 19.7 Å². The molecule has 5 heteroatoms. The van der Waals surface area contributed by atoms with E-state index in [0.717, 1.165) is 0 Å². The van der Waals surface area contributed by atoms with E-state index in [1.807, 2.05) is 0 Å². The average Bonchev–Trinajstić information content (AvgIpc) is 2.00. The standard InChI is InChI=1S/C6H13NO4/c1-5(4-9)7-6(10)11-3-2-8/h5,8-9H,2-4H2,1H3,(H,7,10)/t5-/m1/s1. The van der Waals surface area contributed by atoms with E-state index in [0.29, 0.717) is 0 Å². The summed E-state index contributed by atoms with van der Waals surface area (Å²) in [7, 11) is 0. The Kier molecular flexibility index (Phi) is 5.50. The highest BCUT2D eigenvalue weighted by atomic mass is 16.6. The Bertz CT molecular complexity index is 117. The van der Waals surface area contributed by atoms with Gasteiger partial charge in [-0.1, -0.05) is 0 Å². The lowest BCUT2D eigenvalue weighted by Crippen LogP contribution is -2.35. The fourth-order valence-electron chi connectivity index (χ4n) is 0.427. The first-order valence-corrected chi connectivity index (χ1v) is 3.35. The second kappa shape index (κ2) is 5.94. The second-order valence-electron chi connectivity index (χ2n) is 2.09. The Morgan fingerprint density at radius 1 is 1.64 bits per heavy atom. The molecule has 3 N–H and O–H groups in total. The maximum absolute atomic E-state index is 10.6. The molecule has 0 fully saturated rings. The lowest BCUT2D eigenvalue weighted by Gasteiger charge is -2.09. The van der Waals surface area contributed by atoms with Gasteiger partial charge in [0.25, 0.3) is 0 Å². The molecule has 0 aromatic heterocycles. The van der Waals surface area contributed by atoms with E-state index in [2.05, 4.69) is 10.1 Å². The fourth-order valence-corrected chi connectivity index (χ4v) is 0.427. The summed E-state index contributed by atoms with van der Waals surface area (Å²) in [5.41, 5.74) is 0. The summed E-state index contributed by atoms with van der Waals surface area (Å²) < 4.78 is 4.45. The number of aliphatic hydroxyl groups is 2. The first kappa shape index (κ1) is 10.2. The van der Waals surface area contributed by atoms with Gasteiger partial charge in [-0.15, -0.1) is 0 Å². The van der Waals surface area contributed by atoms with E-state index in [1.165, 1.54) is 0 Å². The third-order valence-electron chi connectivity index (χ3n) is 0.963. The van der Waals surface area contributed by atoms with Crippen LogP contribution in [0.1, 0.15) is 6.92 Å². The maximum Gasteiger partial charge on any atom is 0.407 e. The minimum Gasteiger partial charge on any atom is -0.447 e. The predicted molar refractivity (Wildman–Crippen MR) is 38.1 cm³/mol. The summed E-state index contributed by atoms with van der Waals surface area (Å²) in [4.78, 5) is 10.6. The largest absolute Gasteiger partial charge is 0.447 e. The van der Waals surface area contributed by atoms with Gasteiger partial charge < -0.3 is 20.3 Å². The van der Waals surface area contributed by atoms with Crippen molar-refractivity contribution in [3.05, 3.63) is 0 Å². The molecule has 0 radical (unpaired) electrons. The van der Waals surface area contributed by atoms with Crippen LogP contribution in [-0.2, 0) is 4.74 Å². The number of aliphatic hydroxyl groups excluding tert-OH is 2. The molecule has 0 aromatic carbocycles. The third kappa shape index (κ3) is 5.63. The van der Waals surface area contributed by atoms with Gasteiger partial charge >= 0.3 is 6.09 Å². The van der Waals surface area contributed by atoms with E-state index >= 15 is 0 Å². The zero-order valence-corrected chi connectivity index (χ0v) is 6.41. The molecule has 0 bridgehead atoms. The number of carbonyl (C=O) groups excluding carboxylic acids is 1. The topological polar surface area (TPSA) is 78.8 Å². The Labute approximate surface area is 65.0 Å². The van der Waals surface area contributed by atoms with Crippen LogP contribution in [0.15, 0.2) is 0 Å². The Balaban J connectivity index is 3.36. The van der Waals surface area contributed by atoms with E-state index < -0.39 is 6.09 Å². The zero-order valence-electron chi connectivity index (χ0n) is 6.41. The molecular weight excluding hydrogens is 150 g/mol. The molecule has 0 aliphatic heterocycles. The van der Waals surface area contributed by atoms with Crippen LogP contribution >= 0.6 is 0 Å². The lowest BCUT2D eigenvalue weighted by molar-refractivity contribution is 0.113. The molecule has 5 nitrogen and oxygen atoms in total. The van der Waals surface area contributed by atoms with E-state index in [1.54, 1.807) is 6.92 Å². The first-order valence-electron chi connectivity index (χ1n) is 3.35. The van der Waals surface area contributed by atoms with Crippen LogP contribution in [0.25, 0.3) is 0 Å². The average molecular weight is 163 g/mol. The molecule has 0 aliphatic rings. The van der Waals surface area contributed by atoms with Crippen molar-refractivity contribution in [3.8, 4) is 0 Å². The van der Waals surface area contributed by atoms with Gasteiger partial charge in [-0.25, -0.2) is 4.79 Å². The number of nitrogens with one attached hydrogen (secondary N) is 1. The van der Waals surface area contributed by atoms with Crippen LogP contribution in [0, 0.1) is 0 Å². The van der Waals surface area contributed by atoms with Gasteiger partial charge in [0, 0.05) is 0 Å².